The normalized spacial score (nSPS) is 16.5. The summed E-state index contributed by atoms with van der Waals surface area (Å²) in [5.41, 5.74) is 0. The maximum absolute atomic E-state index is 8.89. The van der Waals surface area contributed by atoms with E-state index in [1.54, 1.807) is 0 Å². The van der Waals surface area contributed by atoms with Gasteiger partial charge in [0, 0.05) is 0 Å². The second-order valence-corrected chi connectivity index (χ2v) is 5.18. The molecule has 0 bridgehead atoms. The minimum Gasteiger partial charge on any atom is -0.394 e. The molecule has 1 N–H and O–H groups in total. The number of ether oxygens (including phenoxy) is 2. The smallest absolute Gasteiger partial charge is 0.0784 e. The Hall–Kier alpha value is -0.120. The van der Waals surface area contributed by atoms with E-state index in [1.165, 1.54) is 19.3 Å². The van der Waals surface area contributed by atoms with Crippen molar-refractivity contribution in [2.45, 2.75) is 84.5 Å². The number of rotatable bonds is 12. The van der Waals surface area contributed by atoms with Gasteiger partial charge in [-0.2, -0.15) is 0 Å². The third kappa shape index (κ3) is 9.86. The van der Waals surface area contributed by atoms with Crippen LogP contribution in [0.3, 0.4) is 0 Å². The second kappa shape index (κ2) is 11.9. The predicted octanol–water partition coefficient (Wildman–Crippen LogP) is 3.54. The van der Waals surface area contributed by atoms with Crippen LogP contribution >= 0.6 is 0 Å². The molecule has 0 heterocycles. The highest BCUT2D eigenvalue weighted by molar-refractivity contribution is 4.61. The molecule has 0 fully saturated rings. The second-order valence-electron chi connectivity index (χ2n) is 5.18. The summed E-state index contributed by atoms with van der Waals surface area (Å²) in [6.07, 6.45) is 7.62. The van der Waals surface area contributed by atoms with Crippen molar-refractivity contribution in [1.82, 2.24) is 0 Å². The lowest BCUT2D eigenvalue weighted by Gasteiger charge is -2.23. The molecule has 0 aromatic heterocycles. The Morgan fingerprint density at radius 2 is 1.67 bits per heavy atom. The molecule has 18 heavy (non-hydrogen) atoms. The Morgan fingerprint density at radius 1 is 0.944 bits per heavy atom. The molecule has 0 spiro atoms. The third-order valence-corrected chi connectivity index (χ3v) is 3.04. The first-order chi connectivity index (χ1) is 8.63. The number of hydrogen-bond donors (Lipinski definition) is 1. The fraction of sp³-hybridized carbons (Fsp3) is 1.00. The maximum Gasteiger partial charge on any atom is 0.0784 e. The molecule has 3 nitrogen and oxygen atoms in total. The van der Waals surface area contributed by atoms with Crippen LogP contribution in [0.15, 0.2) is 0 Å². The average molecular weight is 260 g/mol. The summed E-state index contributed by atoms with van der Waals surface area (Å²) in [5.74, 6) is 0. The lowest BCUT2D eigenvalue weighted by molar-refractivity contribution is -0.0766. The fourth-order valence-electron chi connectivity index (χ4n) is 1.94. The standard InChI is InChI=1S/C15H32O3/c1-5-7-8-10-15(9-6-2)18-14(4)12-17-13(3)11-16/h13-16H,5-12H2,1-4H3. The van der Waals surface area contributed by atoms with Gasteiger partial charge in [0.05, 0.1) is 31.5 Å². The first-order valence-electron chi connectivity index (χ1n) is 7.51. The lowest BCUT2D eigenvalue weighted by atomic mass is 10.1. The van der Waals surface area contributed by atoms with Gasteiger partial charge in [-0.05, 0) is 26.7 Å². The van der Waals surface area contributed by atoms with Gasteiger partial charge in [-0.25, -0.2) is 0 Å². The molecule has 3 heteroatoms. The highest BCUT2D eigenvalue weighted by Crippen LogP contribution is 2.14. The Bertz CT molecular complexity index is 173. The molecule has 0 radical (unpaired) electrons. The number of aliphatic hydroxyl groups excluding tert-OH is 1. The van der Waals surface area contributed by atoms with E-state index in [2.05, 4.69) is 13.8 Å². The van der Waals surface area contributed by atoms with Crippen LogP contribution in [0.2, 0.25) is 0 Å². The van der Waals surface area contributed by atoms with Crippen molar-refractivity contribution in [3.8, 4) is 0 Å². The van der Waals surface area contributed by atoms with Crippen LogP contribution in [0.1, 0.15) is 66.2 Å². The molecule has 0 aliphatic heterocycles. The molecule has 0 aromatic carbocycles. The van der Waals surface area contributed by atoms with Gasteiger partial charge in [0.25, 0.3) is 0 Å². The molecule has 110 valence electrons. The quantitative estimate of drug-likeness (QED) is 0.545. The monoisotopic (exact) mass is 260 g/mol. The number of hydrogen-bond acceptors (Lipinski definition) is 3. The summed E-state index contributed by atoms with van der Waals surface area (Å²) in [4.78, 5) is 0. The number of unbranched alkanes of at least 4 members (excludes halogenated alkanes) is 2. The fourth-order valence-corrected chi connectivity index (χ4v) is 1.94. The zero-order valence-corrected chi connectivity index (χ0v) is 12.7. The van der Waals surface area contributed by atoms with E-state index in [0.717, 1.165) is 19.3 Å². The van der Waals surface area contributed by atoms with Crippen molar-refractivity contribution < 1.29 is 14.6 Å². The molecule has 0 aliphatic rings. The first kappa shape index (κ1) is 17.9. The van der Waals surface area contributed by atoms with Crippen LogP contribution in [-0.2, 0) is 9.47 Å². The molecule has 3 unspecified atom stereocenters. The van der Waals surface area contributed by atoms with Gasteiger partial charge in [0.2, 0.25) is 0 Å². The van der Waals surface area contributed by atoms with E-state index >= 15 is 0 Å². The highest BCUT2D eigenvalue weighted by Gasteiger charge is 2.13. The highest BCUT2D eigenvalue weighted by atomic mass is 16.5. The molecule has 0 aromatic rings. The molecule has 3 atom stereocenters. The van der Waals surface area contributed by atoms with Gasteiger partial charge in [-0.15, -0.1) is 0 Å². The predicted molar refractivity (Wildman–Crippen MR) is 75.9 cm³/mol. The summed E-state index contributed by atoms with van der Waals surface area (Å²) in [7, 11) is 0. The summed E-state index contributed by atoms with van der Waals surface area (Å²) < 4.78 is 11.5. The van der Waals surface area contributed by atoms with E-state index in [-0.39, 0.29) is 18.8 Å². The van der Waals surface area contributed by atoms with Crippen LogP contribution in [0.4, 0.5) is 0 Å². The molecule has 0 saturated carbocycles. The zero-order chi connectivity index (χ0) is 13.8. The van der Waals surface area contributed by atoms with Crippen molar-refractivity contribution in [1.29, 1.82) is 0 Å². The largest absolute Gasteiger partial charge is 0.394 e. The molecule has 0 rings (SSSR count). The van der Waals surface area contributed by atoms with Crippen LogP contribution in [0.25, 0.3) is 0 Å². The van der Waals surface area contributed by atoms with Gasteiger partial charge in [0.1, 0.15) is 0 Å². The lowest BCUT2D eigenvalue weighted by Crippen LogP contribution is -2.26. The van der Waals surface area contributed by atoms with Crippen LogP contribution in [0.5, 0.6) is 0 Å². The molecular weight excluding hydrogens is 228 g/mol. The summed E-state index contributed by atoms with van der Waals surface area (Å²) >= 11 is 0. The molecular formula is C15H32O3. The van der Waals surface area contributed by atoms with Gasteiger partial charge >= 0.3 is 0 Å². The average Bonchev–Trinajstić information content (AvgIpc) is 2.36. The van der Waals surface area contributed by atoms with Crippen LogP contribution in [0, 0.1) is 0 Å². The van der Waals surface area contributed by atoms with Crippen LogP contribution in [-0.4, -0.2) is 36.6 Å². The SMILES string of the molecule is CCCCCC(CCC)OC(C)COC(C)CO. The molecule has 0 amide bonds. The van der Waals surface area contributed by atoms with E-state index in [9.17, 15) is 0 Å². The Labute approximate surface area is 113 Å². The van der Waals surface area contributed by atoms with E-state index in [1.807, 2.05) is 13.8 Å². The van der Waals surface area contributed by atoms with Crippen molar-refractivity contribution in [2.24, 2.45) is 0 Å². The maximum atomic E-state index is 8.89. The molecule has 0 saturated heterocycles. The van der Waals surface area contributed by atoms with Gasteiger partial charge in [-0.3, -0.25) is 0 Å². The van der Waals surface area contributed by atoms with E-state index in [0.29, 0.717) is 12.7 Å². The van der Waals surface area contributed by atoms with Gasteiger partial charge in [0.15, 0.2) is 0 Å². The Kier molecular flexibility index (Phi) is 11.9. The van der Waals surface area contributed by atoms with Gasteiger partial charge in [-0.1, -0.05) is 39.5 Å². The minimum atomic E-state index is -0.0965. The van der Waals surface area contributed by atoms with Crippen molar-refractivity contribution in [3.63, 3.8) is 0 Å². The van der Waals surface area contributed by atoms with Crippen molar-refractivity contribution in [3.05, 3.63) is 0 Å². The summed E-state index contributed by atoms with van der Waals surface area (Å²) in [6.45, 7) is 8.98. The van der Waals surface area contributed by atoms with Crippen LogP contribution < -0.4 is 0 Å². The van der Waals surface area contributed by atoms with E-state index < -0.39 is 0 Å². The summed E-state index contributed by atoms with van der Waals surface area (Å²) in [6, 6.07) is 0. The zero-order valence-electron chi connectivity index (χ0n) is 12.7. The van der Waals surface area contributed by atoms with Crippen molar-refractivity contribution in [2.75, 3.05) is 13.2 Å². The Balaban J connectivity index is 3.83. The minimum absolute atomic E-state index is 0.0710. The van der Waals surface area contributed by atoms with Crippen molar-refractivity contribution >= 4 is 0 Å². The third-order valence-electron chi connectivity index (χ3n) is 3.04. The summed E-state index contributed by atoms with van der Waals surface area (Å²) in [5, 5.41) is 8.89. The number of aliphatic hydroxyl groups is 1. The van der Waals surface area contributed by atoms with Gasteiger partial charge < -0.3 is 14.6 Å². The topological polar surface area (TPSA) is 38.7 Å². The van der Waals surface area contributed by atoms with E-state index in [4.69, 9.17) is 14.6 Å². The first-order valence-corrected chi connectivity index (χ1v) is 7.51. The molecule has 0 aliphatic carbocycles. The Morgan fingerprint density at radius 3 is 2.22 bits per heavy atom.